The minimum Gasteiger partial charge on any atom is -0.335 e. The zero-order chi connectivity index (χ0) is 20.3. The zero-order valence-corrected chi connectivity index (χ0v) is 17.3. The van der Waals surface area contributed by atoms with E-state index < -0.39 is 5.41 Å². The van der Waals surface area contributed by atoms with Gasteiger partial charge in [0.15, 0.2) is 0 Å². The highest BCUT2D eigenvalue weighted by Gasteiger charge is 2.58. The molecular weight excluding hydrogens is 348 g/mol. The molecule has 28 heavy (non-hydrogen) atoms. The summed E-state index contributed by atoms with van der Waals surface area (Å²) in [7, 11) is 0. The second-order valence-electron chi connectivity index (χ2n) is 8.01. The molecule has 0 aliphatic heterocycles. The molecule has 0 spiro atoms. The van der Waals surface area contributed by atoms with Crippen molar-refractivity contribution >= 4 is 17.5 Å². The number of para-hydroxylation sites is 1. The van der Waals surface area contributed by atoms with Crippen LogP contribution < -0.4 is 5.32 Å². The van der Waals surface area contributed by atoms with E-state index in [4.69, 9.17) is 0 Å². The van der Waals surface area contributed by atoms with E-state index >= 15 is 0 Å². The number of amides is 2. The lowest BCUT2D eigenvalue weighted by molar-refractivity contribution is -0.144. The Morgan fingerprint density at radius 2 is 1.75 bits per heavy atom. The quantitative estimate of drug-likeness (QED) is 0.709. The Kier molecular flexibility index (Phi) is 5.87. The van der Waals surface area contributed by atoms with Crippen molar-refractivity contribution in [3.05, 3.63) is 65.2 Å². The molecule has 4 nitrogen and oxygen atoms in total. The molecule has 1 N–H and O–H groups in total. The van der Waals surface area contributed by atoms with Crippen molar-refractivity contribution in [3.8, 4) is 0 Å². The van der Waals surface area contributed by atoms with Crippen molar-refractivity contribution in [3.63, 3.8) is 0 Å². The molecule has 1 aliphatic carbocycles. The molecule has 0 heterocycles. The lowest BCUT2D eigenvalue weighted by atomic mass is 10.00. The topological polar surface area (TPSA) is 49.4 Å². The SMILES string of the molecule is CCc1cccc(C)c1NC(=O)C1(C(=O)N(Cc2ccccc2)C(C)C)CC1. The predicted molar refractivity (Wildman–Crippen MR) is 113 cm³/mol. The molecule has 2 aromatic carbocycles. The minimum atomic E-state index is -0.924. The number of benzene rings is 2. The summed E-state index contributed by atoms with van der Waals surface area (Å²) in [4.78, 5) is 28.4. The van der Waals surface area contributed by atoms with Gasteiger partial charge in [-0.3, -0.25) is 9.59 Å². The van der Waals surface area contributed by atoms with Crippen LogP contribution in [0.25, 0.3) is 0 Å². The fraction of sp³-hybridized carbons (Fsp3) is 0.417. The summed E-state index contributed by atoms with van der Waals surface area (Å²) in [5.41, 5.74) is 3.13. The lowest BCUT2D eigenvalue weighted by Crippen LogP contribution is -2.45. The van der Waals surface area contributed by atoms with Gasteiger partial charge in [-0.1, -0.05) is 55.5 Å². The summed E-state index contributed by atoms with van der Waals surface area (Å²) in [6, 6.07) is 16.0. The Balaban J connectivity index is 1.81. The molecule has 0 saturated heterocycles. The summed E-state index contributed by atoms with van der Waals surface area (Å²) in [5, 5.41) is 3.08. The van der Waals surface area contributed by atoms with Crippen LogP contribution in [0.2, 0.25) is 0 Å². The number of nitrogens with one attached hydrogen (secondary N) is 1. The fourth-order valence-electron chi connectivity index (χ4n) is 3.64. The predicted octanol–water partition coefficient (Wildman–Crippen LogP) is 4.71. The van der Waals surface area contributed by atoms with Crippen LogP contribution in [-0.4, -0.2) is 22.8 Å². The maximum Gasteiger partial charge on any atom is 0.240 e. The van der Waals surface area contributed by atoms with Crippen molar-refractivity contribution < 1.29 is 9.59 Å². The van der Waals surface area contributed by atoms with E-state index in [1.165, 1.54) is 0 Å². The molecule has 4 heteroatoms. The highest BCUT2D eigenvalue weighted by atomic mass is 16.2. The van der Waals surface area contributed by atoms with E-state index in [1.807, 2.05) is 74.2 Å². The molecule has 0 unspecified atom stereocenters. The first kappa shape index (κ1) is 20.1. The average molecular weight is 379 g/mol. The van der Waals surface area contributed by atoms with E-state index in [0.717, 1.165) is 28.8 Å². The Bertz CT molecular complexity index is 854. The second-order valence-corrected chi connectivity index (χ2v) is 8.01. The molecule has 1 fully saturated rings. The summed E-state index contributed by atoms with van der Waals surface area (Å²) >= 11 is 0. The molecule has 1 aliphatic rings. The van der Waals surface area contributed by atoms with Gasteiger partial charge in [-0.25, -0.2) is 0 Å². The van der Waals surface area contributed by atoms with Gasteiger partial charge in [0, 0.05) is 18.3 Å². The van der Waals surface area contributed by atoms with Crippen LogP contribution in [0.5, 0.6) is 0 Å². The normalized spacial score (nSPS) is 14.6. The van der Waals surface area contributed by atoms with E-state index in [9.17, 15) is 9.59 Å². The lowest BCUT2D eigenvalue weighted by Gasteiger charge is -2.30. The van der Waals surface area contributed by atoms with Crippen LogP contribution in [0.3, 0.4) is 0 Å². The first-order valence-corrected chi connectivity index (χ1v) is 10.1. The van der Waals surface area contributed by atoms with E-state index in [1.54, 1.807) is 0 Å². The van der Waals surface area contributed by atoms with Crippen LogP contribution in [-0.2, 0) is 22.6 Å². The van der Waals surface area contributed by atoms with Gasteiger partial charge in [-0.05, 0) is 56.7 Å². The molecule has 0 bridgehead atoms. The second kappa shape index (κ2) is 8.17. The number of rotatable bonds is 7. The van der Waals surface area contributed by atoms with Crippen LogP contribution >= 0.6 is 0 Å². The molecular formula is C24H30N2O2. The summed E-state index contributed by atoms with van der Waals surface area (Å²) in [6.45, 7) is 8.60. The third-order valence-electron chi connectivity index (χ3n) is 5.65. The number of anilines is 1. The Hall–Kier alpha value is -2.62. The fourth-order valence-corrected chi connectivity index (χ4v) is 3.64. The molecule has 1 saturated carbocycles. The largest absolute Gasteiger partial charge is 0.335 e. The summed E-state index contributed by atoms with van der Waals surface area (Å²) in [5.74, 6) is -0.226. The van der Waals surface area contributed by atoms with Crippen LogP contribution in [0.1, 0.15) is 50.3 Å². The molecule has 3 rings (SSSR count). The van der Waals surface area contributed by atoms with Crippen molar-refractivity contribution in [1.82, 2.24) is 4.90 Å². The van der Waals surface area contributed by atoms with E-state index in [0.29, 0.717) is 19.4 Å². The molecule has 148 valence electrons. The monoisotopic (exact) mass is 378 g/mol. The first-order valence-electron chi connectivity index (χ1n) is 10.1. The van der Waals surface area contributed by atoms with Crippen LogP contribution in [0.15, 0.2) is 48.5 Å². The number of carbonyl (C=O) groups excluding carboxylic acids is 2. The minimum absolute atomic E-state index is 0.0302. The van der Waals surface area contributed by atoms with E-state index in [-0.39, 0.29) is 17.9 Å². The zero-order valence-electron chi connectivity index (χ0n) is 17.3. The maximum atomic E-state index is 13.4. The van der Waals surface area contributed by atoms with Gasteiger partial charge < -0.3 is 10.2 Å². The third-order valence-corrected chi connectivity index (χ3v) is 5.65. The van der Waals surface area contributed by atoms with Gasteiger partial charge in [-0.2, -0.15) is 0 Å². The highest BCUT2D eigenvalue weighted by Crippen LogP contribution is 2.49. The molecule has 0 atom stereocenters. The Morgan fingerprint density at radius 3 is 2.32 bits per heavy atom. The summed E-state index contributed by atoms with van der Waals surface area (Å²) < 4.78 is 0. The molecule has 0 aromatic heterocycles. The standard InChI is InChI=1S/C24H30N2O2/c1-5-20-13-9-10-18(4)21(20)25-22(27)24(14-15-24)23(28)26(17(2)3)16-19-11-7-6-8-12-19/h6-13,17H,5,14-16H2,1-4H3,(H,25,27). The average Bonchev–Trinajstić information content (AvgIpc) is 3.50. The van der Waals surface area contributed by atoms with Gasteiger partial charge in [0.1, 0.15) is 5.41 Å². The smallest absolute Gasteiger partial charge is 0.240 e. The number of hydrogen-bond acceptors (Lipinski definition) is 2. The Morgan fingerprint density at radius 1 is 1.07 bits per heavy atom. The number of hydrogen-bond donors (Lipinski definition) is 1. The van der Waals surface area contributed by atoms with Crippen molar-refractivity contribution in [1.29, 1.82) is 0 Å². The number of aryl methyl sites for hydroxylation is 2. The van der Waals surface area contributed by atoms with Crippen molar-refractivity contribution in [2.75, 3.05) is 5.32 Å². The first-order chi connectivity index (χ1) is 13.4. The molecule has 2 amide bonds. The molecule has 2 aromatic rings. The van der Waals surface area contributed by atoms with Gasteiger partial charge in [-0.15, -0.1) is 0 Å². The number of nitrogens with zero attached hydrogens (tertiary/aromatic N) is 1. The summed E-state index contributed by atoms with van der Waals surface area (Å²) in [6.07, 6.45) is 2.07. The number of carbonyl (C=O) groups is 2. The van der Waals surface area contributed by atoms with Gasteiger partial charge in [0.2, 0.25) is 11.8 Å². The maximum absolute atomic E-state index is 13.4. The van der Waals surface area contributed by atoms with Crippen molar-refractivity contribution in [2.45, 2.75) is 59.5 Å². The third kappa shape index (κ3) is 3.96. The van der Waals surface area contributed by atoms with Gasteiger partial charge in [0.05, 0.1) is 0 Å². The van der Waals surface area contributed by atoms with Crippen LogP contribution in [0.4, 0.5) is 5.69 Å². The Labute approximate surface area is 167 Å². The van der Waals surface area contributed by atoms with Crippen LogP contribution in [0, 0.1) is 12.3 Å². The van der Waals surface area contributed by atoms with Gasteiger partial charge in [0.25, 0.3) is 0 Å². The highest BCUT2D eigenvalue weighted by molar-refractivity contribution is 6.13. The molecule has 0 radical (unpaired) electrons. The van der Waals surface area contributed by atoms with Crippen molar-refractivity contribution in [2.24, 2.45) is 5.41 Å². The van der Waals surface area contributed by atoms with Gasteiger partial charge >= 0.3 is 0 Å². The van der Waals surface area contributed by atoms with E-state index in [2.05, 4.69) is 12.2 Å².